The molecule has 0 saturated heterocycles. The normalized spacial score (nSPS) is 10.4. The molecule has 0 aliphatic rings. The fourth-order valence-corrected chi connectivity index (χ4v) is 2.67. The van der Waals surface area contributed by atoms with E-state index >= 15 is 0 Å². The second-order valence-corrected chi connectivity index (χ2v) is 5.01. The summed E-state index contributed by atoms with van der Waals surface area (Å²) in [5.74, 6) is 0. The highest BCUT2D eigenvalue weighted by Gasteiger charge is 1.98. The van der Waals surface area contributed by atoms with Crippen LogP contribution in [-0.2, 0) is 6.54 Å². The van der Waals surface area contributed by atoms with Gasteiger partial charge in [0.25, 0.3) is 0 Å². The van der Waals surface area contributed by atoms with Crippen LogP contribution in [0.4, 0.5) is 0 Å². The van der Waals surface area contributed by atoms with Crippen molar-refractivity contribution < 1.29 is 0 Å². The average Bonchev–Trinajstić information content (AvgIpc) is 2.72. The van der Waals surface area contributed by atoms with Gasteiger partial charge in [-0.15, -0.1) is 11.3 Å². The van der Waals surface area contributed by atoms with Crippen LogP contribution < -0.4 is 5.73 Å². The molecule has 0 unspecified atom stereocenters. The van der Waals surface area contributed by atoms with Gasteiger partial charge in [-0.25, -0.2) is 4.98 Å². The Bertz CT molecular complexity index is 381. The van der Waals surface area contributed by atoms with E-state index in [1.807, 2.05) is 24.4 Å². The first-order valence-electron chi connectivity index (χ1n) is 4.25. The smallest absolute Gasteiger partial charge is 0.101 e. The molecule has 0 spiro atoms. The molecule has 0 fully saturated rings. The highest BCUT2D eigenvalue weighted by molar-refractivity contribution is 8.01. The standard InChI is InChI=1S/C10H10N2S2/c11-6-8-3-4-9(12-7-8)14-10-2-1-5-13-10/h1-5,7H,6,11H2. The van der Waals surface area contributed by atoms with Crippen molar-refractivity contribution >= 4 is 23.1 Å². The molecule has 0 aromatic carbocycles. The van der Waals surface area contributed by atoms with Crippen molar-refractivity contribution in [2.75, 3.05) is 0 Å². The van der Waals surface area contributed by atoms with E-state index in [0.717, 1.165) is 10.6 Å². The molecule has 14 heavy (non-hydrogen) atoms. The van der Waals surface area contributed by atoms with Gasteiger partial charge in [0.1, 0.15) is 5.03 Å². The Hall–Kier alpha value is -0.840. The summed E-state index contributed by atoms with van der Waals surface area (Å²) in [4.78, 5) is 4.31. The Balaban J connectivity index is 2.10. The van der Waals surface area contributed by atoms with Crippen molar-refractivity contribution in [1.82, 2.24) is 4.98 Å². The van der Waals surface area contributed by atoms with Crippen molar-refractivity contribution in [2.45, 2.75) is 15.8 Å². The molecule has 2 N–H and O–H groups in total. The highest BCUT2D eigenvalue weighted by Crippen LogP contribution is 2.29. The van der Waals surface area contributed by atoms with Gasteiger partial charge in [0, 0.05) is 12.7 Å². The summed E-state index contributed by atoms with van der Waals surface area (Å²) in [6.45, 7) is 0.553. The van der Waals surface area contributed by atoms with E-state index in [1.165, 1.54) is 4.21 Å². The summed E-state index contributed by atoms with van der Waals surface area (Å²) in [7, 11) is 0. The van der Waals surface area contributed by atoms with E-state index in [-0.39, 0.29) is 0 Å². The van der Waals surface area contributed by atoms with Crippen molar-refractivity contribution in [2.24, 2.45) is 5.73 Å². The molecular weight excluding hydrogens is 212 g/mol. The Morgan fingerprint density at radius 2 is 2.29 bits per heavy atom. The summed E-state index contributed by atoms with van der Waals surface area (Å²) < 4.78 is 1.26. The molecule has 2 nitrogen and oxygen atoms in total. The summed E-state index contributed by atoms with van der Waals surface area (Å²) in [6.07, 6.45) is 1.83. The van der Waals surface area contributed by atoms with Crippen LogP contribution in [-0.4, -0.2) is 4.98 Å². The second kappa shape index (κ2) is 4.59. The van der Waals surface area contributed by atoms with E-state index < -0.39 is 0 Å². The Labute approximate surface area is 91.2 Å². The molecule has 2 rings (SSSR count). The van der Waals surface area contributed by atoms with Crippen molar-refractivity contribution in [1.29, 1.82) is 0 Å². The van der Waals surface area contributed by atoms with Crippen LogP contribution in [0.15, 0.2) is 45.1 Å². The minimum atomic E-state index is 0.553. The van der Waals surface area contributed by atoms with Crippen molar-refractivity contribution in [3.05, 3.63) is 41.4 Å². The maximum atomic E-state index is 5.49. The average molecular weight is 222 g/mol. The molecule has 2 aromatic rings. The van der Waals surface area contributed by atoms with Crippen LogP contribution in [0.25, 0.3) is 0 Å². The Morgan fingerprint density at radius 3 is 2.86 bits per heavy atom. The van der Waals surface area contributed by atoms with E-state index in [9.17, 15) is 0 Å². The van der Waals surface area contributed by atoms with Crippen LogP contribution in [0, 0.1) is 0 Å². The summed E-state index contributed by atoms with van der Waals surface area (Å²) in [5.41, 5.74) is 6.56. The molecular formula is C10H10N2S2. The second-order valence-electron chi connectivity index (χ2n) is 2.74. The number of thiophene rings is 1. The summed E-state index contributed by atoms with van der Waals surface area (Å²) >= 11 is 3.41. The molecule has 0 atom stereocenters. The van der Waals surface area contributed by atoms with Gasteiger partial charge in [-0.1, -0.05) is 23.9 Å². The van der Waals surface area contributed by atoms with E-state index in [4.69, 9.17) is 5.73 Å². The zero-order valence-corrected chi connectivity index (χ0v) is 9.15. The SMILES string of the molecule is NCc1ccc(Sc2cccs2)nc1. The fourth-order valence-electron chi connectivity index (χ4n) is 1.02. The zero-order valence-electron chi connectivity index (χ0n) is 7.51. The number of pyridine rings is 1. The number of hydrogen-bond acceptors (Lipinski definition) is 4. The van der Waals surface area contributed by atoms with Gasteiger partial charge in [0.05, 0.1) is 4.21 Å². The van der Waals surface area contributed by atoms with Gasteiger partial charge in [-0.05, 0) is 23.1 Å². The molecule has 0 radical (unpaired) electrons. The molecule has 2 aromatic heterocycles. The molecule has 0 bridgehead atoms. The van der Waals surface area contributed by atoms with E-state index in [2.05, 4.69) is 16.4 Å². The maximum absolute atomic E-state index is 5.49. The van der Waals surface area contributed by atoms with Gasteiger partial charge in [0.15, 0.2) is 0 Å². The minimum Gasteiger partial charge on any atom is -0.326 e. The van der Waals surface area contributed by atoms with Gasteiger partial charge < -0.3 is 5.73 Å². The van der Waals surface area contributed by atoms with Crippen LogP contribution in [0.3, 0.4) is 0 Å². The number of hydrogen-bond donors (Lipinski definition) is 1. The fraction of sp³-hybridized carbons (Fsp3) is 0.100. The summed E-state index contributed by atoms with van der Waals surface area (Å²) in [5, 5.41) is 3.08. The predicted molar refractivity (Wildman–Crippen MR) is 60.6 cm³/mol. The molecule has 0 saturated carbocycles. The Morgan fingerprint density at radius 1 is 1.36 bits per heavy atom. The third-order valence-corrected chi connectivity index (χ3v) is 3.72. The molecule has 0 aliphatic carbocycles. The third kappa shape index (κ3) is 2.35. The molecule has 72 valence electrons. The first-order chi connectivity index (χ1) is 6.88. The van der Waals surface area contributed by atoms with Crippen molar-refractivity contribution in [3.8, 4) is 0 Å². The number of aromatic nitrogens is 1. The molecule has 0 amide bonds. The maximum Gasteiger partial charge on any atom is 0.101 e. The zero-order chi connectivity index (χ0) is 9.80. The van der Waals surface area contributed by atoms with Crippen LogP contribution in [0.2, 0.25) is 0 Å². The lowest BCUT2D eigenvalue weighted by Gasteiger charge is -1.98. The van der Waals surface area contributed by atoms with Gasteiger partial charge in [-0.2, -0.15) is 0 Å². The van der Waals surface area contributed by atoms with Crippen LogP contribution in [0.5, 0.6) is 0 Å². The lowest BCUT2D eigenvalue weighted by atomic mass is 10.3. The largest absolute Gasteiger partial charge is 0.326 e. The first-order valence-corrected chi connectivity index (χ1v) is 5.94. The number of rotatable bonds is 3. The van der Waals surface area contributed by atoms with Gasteiger partial charge in [-0.3, -0.25) is 0 Å². The molecule has 0 aliphatic heterocycles. The van der Waals surface area contributed by atoms with Crippen molar-refractivity contribution in [3.63, 3.8) is 0 Å². The van der Waals surface area contributed by atoms with Crippen LogP contribution in [0.1, 0.15) is 5.56 Å². The van der Waals surface area contributed by atoms with Gasteiger partial charge in [0.2, 0.25) is 0 Å². The molecule has 2 heterocycles. The van der Waals surface area contributed by atoms with E-state index in [1.54, 1.807) is 23.1 Å². The van der Waals surface area contributed by atoms with Crippen LogP contribution >= 0.6 is 23.1 Å². The third-order valence-electron chi connectivity index (χ3n) is 1.73. The monoisotopic (exact) mass is 222 g/mol. The number of nitrogens with zero attached hydrogens (tertiary/aromatic N) is 1. The number of nitrogens with two attached hydrogens (primary N) is 1. The van der Waals surface area contributed by atoms with E-state index in [0.29, 0.717) is 6.54 Å². The van der Waals surface area contributed by atoms with Gasteiger partial charge >= 0.3 is 0 Å². The highest BCUT2D eigenvalue weighted by atomic mass is 32.2. The lowest BCUT2D eigenvalue weighted by Crippen LogP contribution is -1.96. The quantitative estimate of drug-likeness (QED) is 0.868. The topological polar surface area (TPSA) is 38.9 Å². The molecule has 4 heteroatoms. The summed E-state index contributed by atoms with van der Waals surface area (Å²) in [6, 6.07) is 8.16. The first kappa shape index (κ1) is 9.71. The minimum absolute atomic E-state index is 0.553. The predicted octanol–water partition coefficient (Wildman–Crippen LogP) is 2.75. The lowest BCUT2D eigenvalue weighted by molar-refractivity contribution is 1.01. The Kier molecular flexibility index (Phi) is 3.18.